The van der Waals surface area contributed by atoms with Crippen molar-refractivity contribution in [2.75, 3.05) is 0 Å². The molecule has 2 heteroatoms. The highest BCUT2D eigenvalue weighted by atomic mass is 14.7. The van der Waals surface area contributed by atoms with Gasteiger partial charge < -0.3 is 0 Å². The van der Waals surface area contributed by atoms with E-state index in [4.69, 9.17) is 9.97 Å². The third-order valence-corrected chi connectivity index (χ3v) is 13.5. The maximum Gasteiger partial charge on any atom is 0.0794 e. The molecule has 0 amide bonds. The van der Waals surface area contributed by atoms with Crippen LogP contribution in [0, 0.1) is 0 Å². The first-order valence-corrected chi connectivity index (χ1v) is 24.6. The normalized spacial score (nSPS) is 11.1. The van der Waals surface area contributed by atoms with Crippen LogP contribution in [0.25, 0.3) is 123 Å². The van der Waals surface area contributed by atoms with Crippen molar-refractivity contribution in [3.05, 3.63) is 291 Å². The molecule has 12 rings (SSSR count). The molecule has 2 heterocycles. The zero-order valence-corrected chi connectivity index (χ0v) is 39.6. The van der Waals surface area contributed by atoms with Crippen LogP contribution < -0.4 is 0 Å². The third-order valence-electron chi connectivity index (χ3n) is 13.5. The van der Waals surface area contributed by atoms with Gasteiger partial charge in [-0.15, -0.1) is 0 Å². The highest BCUT2D eigenvalue weighted by Gasteiger charge is 2.27. The minimum Gasteiger partial charge on any atom is -0.246 e. The van der Waals surface area contributed by atoms with Gasteiger partial charge in [0.2, 0.25) is 0 Å². The van der Waals surface area contributed by atoms with E-state index in [0.29, 0.717) is 0 Å². The van der Waals surface area contributed by atoms with Gasteiger partial charge in [-0.2, -0.15) is 0 Å². The Labute approximate surface area is 421 Å². The fourth-order valence-electron chi connectivity index (χ4n) is 10.2. The molecule has 0 unspecified atom stereocenters. The van der Waals surface area contributed by atoms with E-state index in [9.17, 15) is 0 Å². The fraction of sp³-hybridized carbons (Fsp3) is 0. The van der Waals surface area contributed by atoms with Crippen LogP contribution in [-0.4, -0.2) is 9.97 Å². The summed E-state index contributed by atoms with van der Waals surface area (Å²) in [6.07, 6.45) is 0. The SMILES string of the molecule is c1ccc(-c2nc(-c3ccccc3)c(-c3ccccc3)c(-c3ccc(-c4ccc(-c5c(-c6ccccc6)c(-c6ccccc6)nc(-c6ccccc6)c5-c5ccccc5)cc4)cc3)c2-c2ccccc2)cc1. The van der Waals surface area contributed by atoms with E-state index >= 15 is 0 Å². The number of rotatable bonds is 11. The summed E-state index contributed by atoms with van der Waals surface area (Å²) in [5, 5.41) is 0. The van der Waals surface area contributed by atoms with Crippen LogP contribution in [0.2, 0.25) is 0 Å². The van der Waals surface area contributed by atoms with Gasteiger partial charge >= 0.3 is 0 Å². The van der Waals surface area contributed by atoms with Crippen LogP contribution in [0.15, 0.2) is 291 Å². The van der Waals surface area contributed by atoms with Crippen molar-refractivity contribution in [1.82, 2.24) is 9.97 Å². The molecule has 0 bridgehead atoms. The number of benzene rings is 10. The minimum atomic E-state index is 0.946. The molecule has 338 valence electrons. The lowest BCUT2D eigenvalue weighted by molar-refractivity contribution is 1.32. The largest absolute Gasteiger partial charge is 0.246 e. The Morgan fingerprint density at radius 2 is 0.278 bits per heavy atom. The van der Waals surface area contributed by atoms with Gasteiger partial charge in [-0.3, -0.25) is 0 Å². The summed E-state index contributed by atoms with van der Waals surface area (Å²) in [7, 11) is 0. The number of hydrogen-bond donors (Lipinski definition) is 0. The van der Waals surface area contributed by atoms with Crippen molar-refractivity contribution in [2.45, 2.75) is 0 Å². The smallest absolute Gasteiger partial charge is 0.0794 e. The Balaban J connectivity index is 1.06. The van der Waals surface area contributed by atoms with E-state index in [0.717, 1.165) is 123 Å². The topological polar surface area (TPSA) is 25.8 Å². The molecule has 2 aromatic heterocycles. The van der Waals surface area contributed by atoms with E-state index in [-0.39, 0.29) is 0 Å². The van der Waals surface area contributed by atoms with Crippen LogP contribution in [-0.2, 0) is 0 Å². The average Bonchev–Trinajstić information content (AvgIpc) is 3.48. The maximum absolute atomic E-state index is 5.64. The lowest BCUT2D eigenvalue weighted by Crippen LogP contribution is -2.01. The van der Waals surface area contributed by atoms with Crippen LogP contribution in [0.4, 0.5) is 0 Å². The van der Waals surface area contributed by atoms with Crippen LogP contribution >= 0.6 is 0 Å². The number of nitrogens with zero attached hydrogens (tertiary/aromatic N) is 2. The monoisotopic (exact) mass is 916 g/mol. The molecular weight excluding hydrogens is 869 g/mol. The van der Waals surface area contributed by atoms with Gasteiger partial charge in [0.05, 0.1) is 22.8 Å². The molecule has 0 aliphatic heterocycles. The van der Waals surface area contributed by atoms with E-state index in [1.54, 1.807) is 0 Å². The highest BCUT2D eigenvalue weighted by Crippen LogP contribution is 2.51. The maximum atomic E-state index is 5.64. The third kappa shape index (κ3) is 8.53. The summed E-state index contributed by atoms with van der Waals surface area (Å²) in [4.78, 5) is 11.3. The zero-order chi connectivity index (χ0) is 48.1. The van der Waals surface area contributed by atoms with E-state index < -0.39 is 0 Å². The van der Waals surface area contributed by atoms with Crippen molar-refractivity contribution in [3.63, 3.8) is 0 Å². The first-order chi connectivity index (χ1) is 35.8. The Bertz CT molecular complexity index is 3290. The van der Waals surface area contributed by atoms with Gasteiger partial charge in [0.15, 0.2) is 0 Å². The van der Waals surface area contributed by atoms with E-state index in [1.165, 1.54) is 0 Å². The summed E-state index contributed by atoms with van der Waals surface area (Å²) < 4.78 is 0. The molecule has 0 N–H and O–H groups in total. The molecule has 0 aliphatic carbocycles. The Kier molecular flexibility index (Phi) is 12.1. The second kappa shape index (κ2) is 19.8. The number of pyridine rings is 2. The van der Waals surface area contributed by atoms with Gasteiger partial charge in [-0.05, 0) is 44.5 Å². The predicted octanol–water partition coefficient (Wildman–Crippen LogP) is 18.8. The van der Waals surface area contributed by atoms with Crippen LogP contribution in [0.3, 0.4) is 0 Å². The Hall–Kier alpha value is -9.50. The molecule has 0 radical (unpaired) electrons. The van der Waals surface area contributed by atoms with Gasteiger partial charge in [-0.25, -0.2) is 9.97 Å². The van der Waals surface area contributed by atoms with E-state index in [1.807, 2.05) is 0 Å². The molecular formula is C70H48N2. The summed E-state index contributed by atoms with van der Waals surface area (Å²) in [5.41, 5.74) is 23.7. The van der Waals surface area contributed by atoms with Gasteiger partial charge in [0.25, 0.3) is 0 Å². The predicted molar refractivity (Wildman–Crippen MR) is 302 cm³/mol. The van der Waals surface area contributed by atoms with Gasteiger partial charge in [0, 0.05) is 55.6 Å². The van der Waals surface area contributed by atoms with Crippen molar-refractivity contribution in [3.8, 4) is 123 Å². The lowest BCUT2D eigenvalue weighted by Gasteiger charge is -2.24. The Morgan fingerprint density at radius 1 is 0.125 bits per heavy atom. The van der Waals surface area contributed by atoms with Crippen molar-refractivity contribution >= 4 is 0 Å². The van der Waals surface area contributed by atoms with E-state index in [2.05, 4.69) is 291 Å². The molecule has 72 heavy (non-hydrogen) atoms. The first kappa shape index (κ1) is 43.8. The number of aromatic nitrogens is 2. The molecule has 0 spiro atoms. The van der Waals surface area contributed by atoms with Crippen LogP contribution in [0.1, 0.15) is 0 Å². The molecule has 0 aliphatic rings. The molecule has 12 aromatic rings. The van der Waals surface area contributed by atoms with Crippen molar-refractivity contribution < 1.29 is 0 Å². The first-order valence-electron chi connectivity index (χ1n) is 24.6. The fourth-order valence-corrected chi connectivity index (χ4v) is 10.2. The zero-order valence-electron chi connectivity index (χ0n) is 39.6. The molecule has 0 saturated heterocycles. The lowest BCUT2D eigenvalue weighted by atomic mass is 9.82. The standard InChI is InChI=1S/C70H48N2/c1-9-25-51(26-10-1)63-61(64(52-27-11-2-12-28-52)68(58-35-19-6-20-36-58)71-67(63)57-33-17-5-18-34-57)55-45-41-49(42-46-55)50-43-47-56(48-44-50)62-65(53-29-13-3-14-30-53)69(59-37-21-7-22-38-59)72-70(60-39-23-8-24-40-60)66(62)54-31-15-4-16-32-54/h1-48H. The summed E-state index contributed by atoms with van der Waals surface area (Å²) in [6, 6.07) is 104. The van der Waals surface area contributed by atoms with Crippen molar-refractivity contribution in [2.24, 2.45) is 0 Å². The molecule has 2 nitrogen and oxygen atoms in total. The Morgan fingerprint density at radius 3 is 0.472 bits per heavy atom. The van der Waals surface area contributed by atoms with Crippen molar-refractivity contribution in [1.29, 1.82) is 0 Å². The molecule has 0 saturated carbocycles. The highest BCUT2D eigenvalue weighted by molar-refractivity contribution is 6.07. The van der Waals surface area contributed by atoms with Gasteiger partial charge in [0.1, 0.15) is 0 Å². The molecule has 0 atom stereocenters. The summed E-state index contributed by atoms with van der Waals surface area (Å²) >= 11 is 0. The second-order valence-corrected chi connectivity index (χ2v) is 18.0. The summed E-state index contributed by atoms with van der Waals surface area (Å²) in [6.45, 7) is 0. The molecule has 10 aromatic carbocycles. The molecule has 0 fully saturated rings. The minimum absolute atomic E-state index is 0.946. The quantitative estimate of drug-likeness (QED) is 0.129. The van der Waals surface area contributed by atoms with Gasteiger partial charge in [-0.1, -0.05) is 291 Å². The van der Waals surface area contributed by atoms with Crippen LogP contribution in [0.5, 0.6) is 0 Å². The summed E-state index contributed by atoms with van der Waals surface area (Å²) in [5.74, 6) is 0. The average molecular weight is 917 g/mol. The second-order valence-electron chi connectivity index (χ2n) is 18.0. The number of hydrogen-bond acceptors (Lipinski definition) is 2.